The Hall–Kier alpha value is -1.43. The second kappa shape index (κ2) is 23.7. The van der Waals surface area contributed by atoms with Crippen LogP contribution in [-0.2, 0) is 4.79 Å². The zero-order valence-electron chi connectivity index (χ0n) is 21.3. The van der Waals surface area contributed by atoms with Crippen molar-refractivity contribution >= 4 is 5.91 Å². The number of hydrogen-bond acceptors (Lipinski definition) is 4. The van der Waals surface area contributed by atoms with Gasteiger partial charge in [-0.05, 0) is 51.4 Å². The van der Waals surface area contributed by atoms with Crippen molar-refractivity contribution in [2.75, 3.05) is 6.61 Å². The minimum absolute atomic E-state index is 0.382. The molecular weight excluding hydrogens is 414 g/mol. The Morgan fingerprint density at radius 3 is 1.91 bits per heavy atom. The van der Waals surface area contributed by atoms with Gasteiger partial charge in [0, 0.05) is 0 Å². The minimum atomic E-state index is -1.11. The van der Waals surface area contributed by atoms with Gasteiger partial charge in [-0.2, -0.15) is 0 Å². The summed E-state index contributed by atoms with van der Waals surface area (Å²) >= 11 is 0. The summed E-state index contributed by atoms with van der Waals surface area (Å²) in [6, 6.07) is -0.813. The standard InChI is InChI=1S/C28H51NO4/c1-3-5-7-9-11-13-15-17-19-21-23-27(32)28(33)29-25(24-30)26(31)22-20-18-16-14-12-10-8-6-4-2/h9,11-12,14,20,22,25-27,30-32H,3-8,10,13,15-19,21,23-24H2,1-2H3,(H,29,33)/b11-9-,14-12+,22-20+. The molecule has 5 heteroatoms. The third-order valence-corrected chi connectivity index (χ3v) is 5.70. The molecule has 0 fully saturated rings. The molecule has 5 nitrogen and oxygen atoms in total. The van der Waals surface area contributed by atoms with Crippen molar-refractivity contribution < 1.29 is 20.1 Å². The normalized spacial score (nSPS) is 14.9. The fraction of sp³-hybridized carbons (Fsp3) is 0.750. The Kier molecular flexibility index (Phi) is 22.7. The zero-order chi connectivity index (χ0) is 24.6. The molecule has 0 aliphatic heterocycles. The lowest BCUT2D eigenvalue weighted by Crippen LogP contribution is -2.48. The Bertz CT molecular complexity index is 530. The van der Waals surface area contributed by atoms with E-state index in [1.54, 1.807) is 6.08 Å². The summed E-state index contributed by atoms with van der Waals surface area (Å²) in [7, 11) is 0. The summed E-state index contributed by atoms with van der Waals surface area (Å²) in [6.07, 6.45) is 25.9. The number of rotatable bonds is 22. The Labute approximate surface area is 203 Å². The fourth-order valence-corrected chi connectivity index (χ4v) is 3.47. The lowest BCUT2D eigenvalue weighted by molar-refractivity contribution is -0.131. The molecule has 0 radical (unpaired) electrons. The van der Waals surface area contributed by atoms with Gasteiger partial charge < -0.3 is 20.6 Å². The van der Waals surface area contributed by atoms with Crippen LogP contribution in [0.15, 0.2) is 36.5 Å². The highest BCUT2D eigenvalue weighted by Gasteiger charge is 2.22. The van der Waals surface area contributed by atoms with Gasteiger partial charge in [0.15, 0.2) is 0 Å². The second-order valence-electron chi connectivity index (χ2n) is 8.88. The molecule has 3 unspecified atom stereocenters. The predicted octanol–water partition coefficient (Wildman–Crippen LogP) is 5.75. The molecule has 1 amide bonds. The number of hydrogen-bond donors (Lipinski definition) is 4. The predicted molar refractivity (Wildman–Crippen MR) is 139 cm³/mol. The summed E-state index contributed by atoms with van der Waals surface area (Å²) < 4.78 is 0. The van der Waals surface area contributed by atoms with Gasteiger partial charge in [0.1, 0.15) is 6.10 Å². The second-order valence-corrected chi connectivity index (χ2v) is 8.88. The van der Waals surface area contributed by atoms with Crippen molar-refractivity contribution in [2.45, 2.75) is 128 Å². The number of nitrogens with one attached hydrogen (secondary N) is 1. The SMILES string of the molecule is CCCC/C=C\CCCCCCC(O)C(=O)NC(CO)C(O)/C=C/CC/C=C/CCCCC. The van der Waals surface area contributed by atoms with Crippen molar-refractivity contribution in [1.29, 1.82) is 0 Å². The molecule has 0 spiro atoms. The summed E-state index contributed by atoms with van der Waals surface area (Å²) in [5, 5.41) is 32.4. The van der Waals surface area contributed by atoms with E-state index in [0.717, 1.165) is 57.8 Å². The average Bonchev–Trinajstić information content (AvgIpc) is 2.82. The molecule has 0 aromatic carbocycles. The largest absolute Gasteiger partial charge is 0.394 e. The maximum absolute atomic E-state index is 12.2. The van der Waals surface area contributed by atoms with E-state index in [0.29, 0.717) is 6.42 Å². The number of amides is 1. The number of unbranched alkanes of at least 4 members (excludes halogenated alkanes) is 10. The van der Waals surface area contributed by atoms with E-state index in [1.807, 2.05) is 6.08 Å². The summed E-state index contributed by atoms with van der Waals surface area (Å²) in [6.45, 7) is 4.01. The minimum Gasteiger partial charge on any atom is -0.394 e. The highest BCUT2D eigenvalue weighted by Crippen LogP contribution is 2.09. The van der Waals surface area contributed by atoms with Crippen molar-refractivity contribution in [3.63, 3.8) is 0 Å². The molecule has 0 saturated carbocycles. The first-order valence-corrected chi connectivity index (χ1v) is 13.3. The molecule has 0 aliphatic carbocycles. The van der Waals surface area contributed by atoms with Crippen LogP contribution in [0.2, 0.25) is 0 Å². The molecule has 0 aromatic heterocycles. The van der Waals surface area contributed by atoms with E-state index in [-0.39, 0.29) is 6.61 Å². The Balaban J connectivity index is 3.99. The quantitative estimate of drug-likeness (QED) is 0.121. The van der Waals surface area contributed by atoms with Gasteiger partial charge in [0.2, 0.25) is 5.91 Å². The van der Waals surface area contributed by atoms with E-state index >= 15 is 0 Å². The smallest absolute Gasteiger partial charge is 0.249 e. The van der Waals surface area contributed by atoms with E-state index in [1.165, 1.54) is 32.1 Å². The van der Waals surface area contributed by atoms with Crippen molar-refractivity contribution in [3.05, 3.63) is 36.5 Å². The van der Waals surface area contributed by atoms with Gasteiger partial charge in [-0.25, -0.2) is 0 Å². The molecule has 33 heavy (non-hydrogen) atoms. The maximum Gasteiger partial charge on any atom is 0.249 e. The lowest BCUT2D eigenvalue weighted by atomic mass is 10.1. The molecule has 3 atom stereocenters. The molecule has 0 saturated heterocycles. The first kappa shape index (κ1) is 31.6. The molecular formula is C28H51NO4. The first-order valence-electron chi connectivity index (χ1n) is 13.3. The van der Waals surface area contributed by atoms with Gasteiger partial charge in [-0.3, -0.25) is 4.79 Å². The van der Waals surface area contributed by atoms with E-state index < -0.39 is 24.2 Å². The van der Waals surface area contributed by atoms with Crippen LogP contribution in [0.25, 0.3) is 0 Å². The van der Waals surface area contributed by atoms with Gasteiger partial charge in [-0.15, -0.1) is 0 Å². The maximum atomic E-state index is 12.2. The summed E-state index contributed by atoms with van der Waals surface area (Å²) in [5.74, 6) is -0.532. The van der Waals surface area contributed by atoms with Crippen LogP contribution in [0.5, 0.6) is 0 Å². The Morgan fingerprint density at radius 1 is 0.727 bits per heavy atom. The van der Waals surface area contributed by atoms with Crippen LogP contribution in [0.1, 0.15) is 110 Å². The van der Waals surface area contributed by atoms with Crippen molar-refractivity contribution in [3.8, 4) is 0 Å². The number of carbonyl (C=O) groups is 1. The lowest BCUT2D eigenvalue weighted by Gasteiger charge is -2.21. The molecule has 192 valence electrons. The zero-order valence-corrected chi connectivity index (χ0v) is 21.3. The first-order chi connectivity index (χ1) is 16.1. The number of aliphatic hydroxyl groups is 3. The highest BCUT2D eigenvalue weighted by atomic mass is 16.3. The van der Waals surface area contributed by atoms with Gasteiger partial charge in [0.05, 0.1) is 18.8 Å². The van der Waals surface area contributed by atoms with E-state index in [9.17, 15) is 20.1 Å². The monoisotopic (exact) mass is 465 g/mol. The molecule has 0 rings (SSSR count). The highest BCUT2D eigenvalue weighted by molar-refractivity contribution is 5.80. The van der Waals surface area contributed by atoms with Gasteiger partial charge >= 0.3 is 0 Å². The molecule has 0 aromatic rings. The molecule has 0 aliphatic rings. The Morgan fingerprint density at radius 2 is 1.27 bits per heavy atom. The van der Waals surface area contributed by atoms with Crippen LogP contribution >= 0.6 is 0 Å². The van der Waals surface area contributed by atoms with Crippen molar-refractivity contribution in [2.24, 2.45) is 0 Å². The van der Waals surface area contributed by atoms with Gasteiger partial charge in [0.25, 0.3) is 0 Å². The molecule has 0 bridgehead atoms. The molecule has 4 N–H and O–H groups in total. The van der Waals surface area contributed by atoms with Crippen LogP contribution in [0.3, 0.4) is 0 Å². The van der Waals surface area contributed by atoms with Gasteiger partial charge in [-0.1, -0.05) is 95.2 Å². The topological polar surface area (TPSA) is 89.8 Å². The fourth-order valence-electron chi connectivity index (χ4n) is 3.47. The van der Waals surface area contributed by atoms with E-state index in [2.05, 4.69) is 43.5 Å². The third kappa shape index (κ3) is 19.7. The summed E-state index contributed by atoms with van der Waals surface area (Å²) in [4.78, 5) is 12.2. The van der Waals surface area contributed by atoms with Crippen LogP contribution in [0, 0.1) is 0 Å². The molecule has 0 heterocycles. The number of aliphatic hydroxyl groups excluding tert-OH is 3. The van der Waals surface area contributed by atoms with Crippen molar-refractivity contribution in [1.82, 2.24) is 5.32 Å². The van der Waals surface area contributed by atoms with E-state index in [4.69, 9.17) is 0 Å². The van der Waals surface area contributed by atoms with Crippen LogP contribution in [0.4, 0.5) is 0 Å². The number of carbonyl (C=O) groups excluding carboxylic acids is 1. The third-order valence-electron chi connectivity index (χ3n) is 5.70. The van der Waals surface area contributed by atoms with Crippen LogP contribution < -0.4 is 5.32 Å². The summed E-state index contributed by atoms with van der Waals surface area (Å²) in [5.41, 5.74) is 0. The number of allylic oxidation sites excluding steroid dienone is 5. The average molecular weight is 466 g/mol. The van der Waals surface area contributed by atoms with Crippen LogP contribution in [-0.4, -0.2) is 46.1 Å².